The van der Waals surface area contributed by atoms with Gasteiger partial charge in [0.05, 0.1) is 12.8 Å². The minimum absolute atomic E-state index is 0.0143. The van der Waals surface area contributed by atoms with Gasteiger partial charge in [0, 0.05) is 4.91 Å². The van der Waals surface area contributed by atoms with E-state index in [0.717, 1.165) is 11.2 Å². The Balaban J connectivity index is 2.30. The number of azide groups is 1. The third-order valence-corrected chi connectivity index (χ3v) is 2.88. The standard InChI is InChI=1S/C9H12FN7O3/c1-4-14-5(11)2-13-17(4)8-6(10)7(19)9(3-18,20-8)15-16-12/h2,6-8,18-19H,1,3H2,(H2,11,14). The highest BCUT2D eigenvalue weighted by Crippen LogP contribution is 2.37. The van der Waals surface area contributed by atoms with Crippen molar-refractivity contribution in [1.29, 1.82) is 0 Å². The lowest BCUT2D eigenvalue weighted by atomic mass is 10.1. The van der Waals surface area contributed by atoms with Gasteiger partial charge in [-0.3, -0.25) is 0 Å². The van der Waals surface area contributed by atoms with Crippen LogP contribution < -0.4 is 5.73 Å². The van der Waals surface area contributed by atoms with Gasteiger partial charge in [-0.1, -0.05) is 11.7 Å². The Kier molecular flexibility index (Phi) is 3.59. The fourth-order valence-electron chi connectivity index (χ4n) is 1.88. The number of aliphatic imine (C=N–C) groups is 1. The van der Waals surface area contributed by atoms with Crippen LogP contribution in [0, 0.1) is 0 Å². The third-order valence-electron chi connectivity index (χ3n) is 2.88. The van der Waals surface area contributed by atoms with Crippen LogP contribution in [0.15, 0.2) is 27.6 Å². The summed E-state index contributed by atoms with van der Waals surface area (Å²) in [5.74, 6) is 0.0585. The molecule has 11 heteroatoms. The summed E-state index contributed by atoms with van der Waals surface area (Å²) in [5, 5.41) is 26.9. The Morgan fingerprint density at radius 3 is 3.00 bits per heavy atom. The molecule has 1 saturated heterocycles. The SMILES string of the molecule is C=C1N=C(N)C=NN1C1OC(CO)(N=[N+]=[N-])C(O)C1F. The molecule has 0 aromatic rings. The third kappa shape index (κ3) is 2.08. The van der Waals surface area contributed by atoms with Gasteiger partial charge in [0.25, 0.3) is 0 Å². The van der Waals surface area contributed by atoms with E-state index < -0.39 is 30.8 Å². The van der Waals surface area contributed by atoms with E-state index in [2.05, 4.69) is 26.7 Å². The van der Waals surface area contributed by atoms with Crippen molar-refractivity contribution in [3.8, 4) is 0 Å². The molecule has 0 aromatic heterocycles. The fraction of sp³-hybridized carbons (Fsp3) is 0.556. The molecule has 2 rings (SSSR count). The van der Waals surface area contributed by atoms with Crippen LogP contribution in [0.25, 0.3) is 10.4 Å². The van der Waals surface area contributed by atoms with Crippen molar-refractivity contribution in [2.45, 2.75) is 24.2 Å². The summed E-state index contributed by atoms with van der Waals surface area (Å²) in [6, 6.07) is 0. The molecule has 0 aliphatic carbocycles. The lowest BCUT2D eigenvalue weighted by Gasteiger charge is -2.29. The molecule has 0 saturated carbocycles. The van der Waals surface area contributed by atoms with Gasteiger partial charge in [0.1, 0.15) is 17.8 Å². The van der Waals surface area contributed by atoms with E-state index in [4.69, 9.17) is 16.0 Å². The van der Waals surface area contributed by atoms with Crippen molar-refractivity contribution >= 4 is 12.1 Å². The van der Waals surface area contributed by atoms with Gasteiger partial charge in [-0.25, -0.2) is 14.4 Å². The van der Waals surface area contributed by atoms with Gasteiger partial charge in [-0.2, -0.15) is 5.10 Å². The van der Waals surface area contributed by atoms with Crippen LogP contribution in [0.3, 0.4) is 0 Å². The van der Waals surface area contributed by atoms with Crippen LogP contribution in [0.1, 0.15) is 0 Å². The monoisotopic (exact) mass is 285 g/mol. The van der Waals surface area contributed by atoms with Crippen molar-refractivity contribution in [1.82, 2.24) is 5.01 Å². The second kappa shape index (κ2) is 5.06. The van der Waals surface area contributed by atoms with Crippen LogP contribution >= 0.6 is 0 Å². The summed E-state index contributed by atoms with van der Waals surface area (Å²) in [5.41, 5.74) is 11.7. The van der Waals surface area contributed by atoms with Crippen molar-refractivity contribution in [3.05, 3.63) is 22.8 Å². The lowest BCUT2D eigenvalue weighted by molar-refractivity contribution is -0.137. The summed E-state index contributed by atoms with van der Waals surface area (Å²) in [7, 11) is 0. The quantitative estimate of drug-likeness (QED) is 0.351. The van der Waals surface area contributed by atoms with E-state index in [1.807, 2.05) is 0 Å². The molecule has 0 aromatic carbocycles. The number of rotatable bonds is 3. The molecule has 2 aliphatic rings. The Morgan fingerprint density at radius 1 is 1.75 bits per heavy atom. The van der Waals surface area contributed by atoms with Crippen LogP contribution in [0.5, 0.6) is 0 Å². The molecule has 4 unspecified atom stereocenters. The second-order valence-corrected chi connectivity index (χ2v) is 4.13. The molecule has 2 aliphatic heterocycles. The normalized spacial score (nSPS) is 36.8. The highest BCUT2D eigenvalue weighted by atomic mass is 19.1. The Bertz CT molecular complexity index is 532. The molecule has 2 heterocycles. The predicted molar refractivity (Wildman–Crippen MR) is 65.8 cm³/mol. The summed E-state index contributed by atoms with van der Waals surface area (Å²) < 4.78 is 19.3. The average molecular weight is 285 g/mol. The highest BCUT2D eigenvalue weighted by Gasteiger charge is 2.57. The predicted octanol–water partition coefficient (Wildman–Crippen LogP) is -0.830. The maximum Gasteiger partial charge on any atom is 0.201 e. The molecular formula is C9H12FN7O3. The van der Waals surface area contributed by atoms with E-state index in [0.29, 0.717) is 0 Å². The van der Waals surface area contributed by atoms with Gasteiger partial charge in [0.15, 0.2) is 12.4 Å². The van der Waals surface area contributed by atoms with E-state index in [-0.39, 0.29) is 11.7 Å². The first-order valence-electron chi connectivity index (χ1n) is 5.48. The van der Waals surface area contributed by atoms with Crippen LogP contribution in [-0.4, -0.2) is 58.1 Å². The Labute approximate surface area is 112 Å². The number of hydrogen-bond donors (Lipinski definition) is 3. The van der Waals surface area contributed by atoms with Crippen molar-refractivity contribution in [2.75, 3.05) is 6.61 Å². The number of aliphatic hydroxyl groups excluding tert-OH is 2. The summed E-state index contributed by atoms with van der Waals surface area (Å²) >= 11 is 0. The molecule has 4 atom stereocenters. The zero-order valence-electron chi connectivity index (χ0n) is 10.2. The lowest BCUT2D eigenvalue weighted by Crippen LogP contribution is -2.43. The smallest absolute Gasteiger partial charge is 0.201 e. The number of alkyl halides is 1. The molecule has 20 heavy (non-hydrogen) atoms. The number of nitrogens with two attached hydrogens (primary N) is 1. The zero-order chi connectivity index (χ0) is 14.9. The number of aliphatic hydroxyl groups is 2. The van der Waals surface area contributed by atoms with Gasteiger partial charge >= 0.3 is 0 Å². The van der Waals surface area contributed by atoms with Gasteiger partial charge in [0.2, 0.25) is 5.72 Å². The molecule has 0 bridgehead atoms. The minimum Gasteiger partial charge on any atom is -0.393 e. The molecule has 0 spiro atoms. The van der Waals surface area contributed by atoms with Crippen molar-refractivity contribution in [2.24, 2.45) is 20.9 Å². The zero-order valence-corrected chi connectivity index (χ0v) is 10.2. The molecule has 1 fully saturated rings. The summed E-state index contributed by atoms with van der Waals surface area (Å²) in [4.78, 5) is 6.21. The number of amidine groups is 1. The summed E-state index contributed by atoms with van der Waals surface area (Å²) in [6.07, 6.45) is -4.18. The van der Waals surface area contributed by atoms with E-state index in [1.165, 1.54) is 0 Å². The number of halogens is 1. The first kappa shape index (κ1) is 14.2. The average Bonchev–Trinajstić information content (AvgIpc) is 2.65. The van der Waals surface area contributed by atoms with Gasteiger partial charge in [-0.05, 0) is 5.53 Å². The fourth-order valence-corrected chi connectivity index (χ4v) is 1.88. The van der Waals surface area contributed by atoms with Crippen molar-refractivity contribution in [3.63, 3.8) is 0 Å². The van der Waals surface area contributed by atoms with Crippen LogP contribution in [0.4, 0.5) is 4.39 Å². The minimum atomic E-state index is -2.12. The number of hydrazone groups is 1. The molecule has 0 amide bonds. The Hall–Kier alpha value is -2.20. The summed E-state index contributed by atoms with van der Waals surface area (Å²) in [6.45, 7) is 2.62. The maximum absolute atomic E-state index is 14.1. The largest absolute Gasteiger partial charge is 0.393 e. The van der Waals surface area contributed by atoms with Crippen molar-refractivity contribution < 1.29 is 19.3 Å². The second-order valence-electron chi connectivity index (χ2n) is 4.13. The molecule has 108 valence electrons. The molecule has 0 radical (unpaired) electrons. The first-order chi connectivity index (χ1) is 9.45. The van der Waals surface area contributed by atoms with E-state index in [9.17, 15) is 14.6 Å². The van der Waals surface area contributed by atoms with Crippen LogP contribution in [-0.2, 0) is 4.74 Å². The number of nitrogens with zero attached hydrogens (tertiary/aromatic N) is 6. The van der Waals surface area contributed by atoms with Crippen LogP contribution in [0.2, 0.25) is 0 Å². The number of ether oxygens (including phenoxy) is 1. The number of hydrogen-bond acceptors (Lipinski definition) is 8. The molecular weight excluding hydrogens is 273 g/mol. The molecule has 4 N–H and O–H groups in total. The van der Waals surface area contributed by atoms with Gasteiger partial charge in [-0.15, -0.1) is 0 Å². The van der Waals surface area contributed by atoms with E-state index in [1.54, 1.807) is 0 Å². The maximum atomic E-state index is 14.1. The topological polar surface area (TPSA) is 152 Å². The first-order valence-corrected chi connectivity index (χ1v) is 5.48. The van der Waals surface area contributed by atoms with E-state index >= 15 is 0 Å². The molecule has 10 nitrogen and oxygen atoms in total. The highest BCUT2D eigenvalue weighted by molar-refractivity contribution is 6.29. The Morgan fingerprint density at radius 2 is 2.45 bits per heavy atom. The van der Waals surface area contributed by atoms with Gasteiger partial charge < -0.3 is 20.7 Å².